The molecule has 2 aliphatic rings. The Balaban J connectivity index is 1.65. The predicted molar refractivity (Wildman–Crippen MR) is 116 cm³/mol. The Morgan fingerprint density at radius 1 is 1.10 bits per heavy atom. The molecule has 29 heavy (non-hydrogen) atoms. The summed E-state index contributed by atoms with van der Waals surface area (Å²) in [5, 5.41) is 12.1. The fraction of sp³-hybridized carbons (Fsp3) is 0.650. The van der Waals surface area contributed by atoms with Gasteiger partial charge in [-0.2, -0.15) is 0 Å². The summed E-state index contributed by atoms with van der Waals surface area (Å²) in [5.41, 5.74) is 0.317. The third-order valence-electron chi connectivity index (χ3n) is 5.02. The van der Waals surface area contributed by atoms with Gasteiger partial charge in [-0.05, 0) is 27.7 Å². The highest BCUT2D eigenvalue weighted by atomic mass is 32.1. The maximum absolute atomic E-state index is 6.23. The molecule has 0 spiro atoms. The summed E-state index contributed by atoms with van der Waals surface area (Å²) < 4.78 is 13.8. The first-order valence-electron chi connectivity index (χ1n) is 10.1. The first kappa shape index (κ1) is 20.3. The average molecular weight is 419 g/mol. The van der Waals surface area contributed by atoms with Gasteiger partial charge in [0.2, 0.25) is 5.95 Å². The lowest BCUT2D eigenvalue weighted by Crippen LogP contribution is -2.57. The van der Waals surface area contributed by atoms with Crippen LogP contribution < -0.4 is 9.80 Å². The van der Waals surface area contributed by atoms with Crippen molar-refractivity contribution in [3.05, 3.63) is 18.0 Å². The van der Waals surface area contributed by atoms with E-state index in [1.807, 2.05) is 6.08 Å². The largest absolute Gasteiger partial charge is 0.378 e. The van der Waals surface area contributed by atoms with Crippen molar-refractivity contribution < 1.29 is 9.47 Å². The molecule has 0 N–H and O–H groups in total. The monoisotopic (exact) mass is 418 g/mol. The Morgan fingerprint density at radius 3 is 2.45 bits per heavy atom. The number of ether oxygens (including phenoxy) is 2. The van der Waals surface area contributed by atoms with Gasteiger partial charge < -0.3 is 19.3 Å². The van der Waals surface area contributed by atoms with E-state index >= 15 is 0 Å². The van der Waals surface area contributed by atoms with E-state index in [1.165, 1.54) is 0 Å². The predicted octanol–water partition coefficient (Wildman–Crippen LogP) is 2.82. The van der Waals surface area contributed by atoms with Crippen molar-refractivity contribution >= 4 is 22.4 Å². The first-order valence-corrected chi connectivity index (χ1v) is 10.9. The van der Waals surface area contributed by atoms with Gasteiger partial charge in [0.25, 0.3) is 0 Å². The molecule has 0 saturated carbocycles. The van der Waals surface area contributed by atoms with Crippen molar-refractivity contribution in [2.24, 2.45) is 0 Å². The second-order valence-electron chi connectivity index (χ2n) is 8.82. The van der Waals surface area contributed by atoms with Crippen LogP contribution >= 0.6 is 11.3 Å². The lowest BCUT2D eigenvalue weighted by Gasteiger charge is -2.47. The van der Waals surface area contributed by atoms with E-state index in [-0.39, 0.29) is 11.2 Å². The van der Waals surface area contributed by atoms with Crippen LogP contribution in [0, 0.1) is 0 Å². The van der Waals surface area contributed by atoms with E-state index in [4.69, 9.17) is 14.5 Å². The maximum atomic E-state index is 6.23. The summed E-state index contributed by atoms with van der Waals surface area (Å²) in [6.07, 6.45) is 1.88. The number of thiazole rings is 1. The third kappa shape index (κ3) is 4.31. The van der Waals surface area contributed by atoms with Crippen LogP contribution in [0.3, 0.4) is 0 Å². The zero-order valence-electron chi connectivity index (χ0n) is 17.7. The standard InChI is InChI=1S/C20H30N6O2S/c1-6-7-26-16(15-12-29-18(21-15)24-8-10-27-11-9-24)22-23-17(26)25-13-19(2,3)28-20(4,5)14-25/h6,12H,1,7-11,13-14H2,2-5H3. The van der Waals surface area contributed by atoms with Crippen molar-refractivity contribution in [2.45, 2.75) is 45.4 Å². The summed E-state index contributed by atoms with van der Waals surface area (Å²) in [5.74, 6) is 1.61. The zero-order valence-corrected chi connectivity index (χ0v) is 18.5. The molecule has 0 radical (unpaired) electrons. The molecule has 0 atom stereocenters. The molecule has 0 amide bonds. The molecule has 4 heterocycles. The van der Waals surface area contributed by atoms with Gasteiger partial charge in [-0.3, -0.25) is 4.57 Å². The summed E-state index contributed by atoms with van der Waals surface area (Å²) in [6.45, 7) is 17.8. The van der Waals surface area contributed by atoms with E-state index < -0.39 is 0 Å². The maximum Gasteiger partial charge on any atom is 0.228 e. The molecule has 9 heteroatoms. The Bertz CT molecular complexity index is 852. The molecule has 0 bridgehead atoms. The highest BCUT2D eigenvalue weighted by molar-refractivity contribution is 7.14. The van der Waals surface area contributed by atoms with Gasteiger partial charge in [-0.25, -0.2) is 4.98 Å². The lowest BCUT2D eigenvalue weighted by atomic mass is 9.99. The molecule has 2 aromatic heterocycles. The summed E-state index contributed by atoms with van der Waals surface area (Å²) in [4.78, 5) is 9.38. The molecule has 2 aromatic rings. The van der Waals surface area contributed by atoms with Gasteiger partial charge in [-0.1, -0.05) is 6.08 Å². The summed E-state index contributed by atoms with van der Waals surface area (Å²) in [6, 6.07) is 0. The van der Waals surface area contributed by atoms with E-state index in [0.717, 1.165) is 62.0 Å². The summed E-state index contributed by atoms with van der Waals surface area (Å²) >= 11 is 1.64. The van der Waals surface area contributed by atoms with Gasteiger partial charge >= 0.3 is 0 Å². The number of hydrogen-bond acceptors (Lipinski definition) is 8. The van der Waals surface area contributed by atoms with Gasteiger partial charge in [-0.15, -0.1) is 28.1 Å². The molecule has 0 aliphatic carbocycles. The molecule has 4 rings (SSSR count). The molecule has 158 valence electrons. The van der Waals surface area contributed by atoms with Crippen LogP contribution in [-0.4, -0.2) is 70.3 Å². The lowest BCUT2D eigenvalue weighted by molar-refractivity contribution is -0.133. The fourth-order valence-corrected chi connectivity index (χ4v) is 5.07. The molecule has 8 nitrogen and oxygen atoms in total. The Kier molecular flexibility index (Phi) is 5.39. The molecule has 2 saturated heterocycles. The van der Waals surface area contributed by atoms with Crippen LogP contribution in [0.15, 0.2) is 18.0 Å². The van der Waals surface area contributed by atoms with Gasteiger partial charge in [0.05, 0.1) is 24.4 Å². The number of anilines is 2. The van der Waals surface area contributed by atoms with Crippen molar-refractivity contribution in [1.29, 1.82) is 0 Å². The number of rotatable bonds is 5. The fourth-order valence-electron chi connectivity index (χ4n) is 4.21. The van der Waals surface area contributed by atoms with E-state index in [2.05, 4.69) is 64.2 Å². The Morgan fingerprint density at radius 2 is 1.79 bits per heavy atom. The number of nitrogens with zero attached hydrogens (tertiary/aromatic N) is 6. The normalized spacial score (nSPS) is 21.4. The van der Waals surface area contributed by atoms with E-state index in [0.29, 0.717) is 6.54 Å². The topological polar surface area (TPSA) is 68.5 Å². The van der Waals surface area contributed by atoms with Crippen molar-refractivity contribution in [2.75, 3.05) is 49.2 Å². The quantitative estimate of drug-likeness (QED) is 0.692. The highest BCUT2D eigenvalue weighted by Gasteiger charge is 2.40. The van der Waals surface area contributed by atoms with Crippen molar-refractivity contribution in [3.63, 3.8) is 0 Å². The van der Waals surface area contributed by atoms with Gasteiger partial charge in [0.15, 0.2) is 11.0 Å². The van der Waals surface area contributed by atoms with Crippen LogP contribution in [0.2, 0.25) is 0 Å². The minimum absolute atomic E-state index is 0.267. The molecule has 2 aliphatic heterocycles. The first-order chi connectivity index (χ1) is 13.8. The zero-order chi connectivity index (χ0) is 20.6. The minimum Gasteiger partial charge on any atom is -0.378 e. The number of hydrogen-bond donors (Lipinski definition) is 0. The van der Waals surface area contributed by atoms with E-state index in [1.54, 1.807) is 11.3 Å². The van der Waals surface area contributed by atoms with Gasteiger partial charge in [0, 0.05) is 38.1 Å². The number of aromatic nitrogens is 4. The molecular formula is C20H30N6O2S. The summed E-state index contributed by atoms with van der Waals surface area (Å²) in [7, 11) is 0. The highest BCUT2D eigenvalue weighted by Crippen LogP contribution is 2.33. The number of morpholine rings is 2. The Hall–Kier alpha value is -1.97. The van der Waals surface area contributed by atoms with Gasteiger partial charge in [0.1, 0.15) is 5.69 Å². The molecule has 0 aromatic carbocycles. The molecule has 0 unspecified atom stereocenters. The van der Waals surface area contributed by atoms with Crippen LogP contribution in [0.1, 0.15) is 27.7 Å². The minimum atomic E-state index is -0.267. The molecule has 2 fully saturated rings. The smallest absolute Gasteiger partial charge is 0.228 e. The third-order valence-corrected chi connectivity index (χ3v) is 5.93. The average Bonchev–Trinajstić information content (AvgIpc) is 3.27. The van der Waals surface area contributed by atoms with Crippen molar-refractivity contribution in [1.82, 2.24) is 19.7 Å². The van der Waals surface area contributed by atoms with Crippen LogP contribution in [0.4, 0.5) is 11.1 Å². The van der Waals surface area contributed by atoms with Crippen LogP contribution in [0.5, 0.6) is 0 Å². The second kappa shape index (κ2) is 7.70. The Labute approximate surface area is 176 Å². The second-order valence-corrected chi connectivity index (χ2v) is 9.65. The van der Waals surface area contributed by atoms with Crippen molar-refractivity contribution in [3.8, 4) is 11.5 Å². The number of allylic oxidation sites excluding steroid dienone is 1. The molecular weight excluding hydrogens is 388 g/mol. The van der Waals surface area contributed by atoms with E-state index in [9.17, 15) is 0 Å². The SMILES string of the molecule is C=CCn1c(-c2csc(N3CCOCC3)n2)nnc1N1CC(C)(C)OC(C)(C)C1. The van der Waals surface area contributed by atoms with Crippen LogP contribution in [-0.2, 0) is 16.0 Å². The van der Waals surface area contributed by atoms with Crippen LogP contribution in [0.25, 0.3) is 11.5 Å².